The van der Waals surface area contributed by atoms with E-state index in [1.54, 1.807) is 6.08 Å². The van der Waals surface area contributed by atoms with Crippen LogP contribution in [0.4, 0.5) is 0 Å². The summed E-state index contributed by atoms with van der Waals surface area (Å²) in [5, 5.41) is 32.4. The number of hydrogen-bond acceptors (Lipinski definition) is 3. The second-order valence-electron chi connectivity index (χ2n) is 7.10. The average molecular weight is 254 g/mol. The zero-order chi connectivity index (χ0) is 13.8. The third kappa shape index (κ3) is 1.68. The highest BCUT2D eigenvalue weighted by Crippen LogP contribution is 2.59. The Labute approximate surface area is 110 Å². The standard InChI is InChI=1S/C15H26O3/c1-5-7-14(17)8-6-10(2)11-12(16)13(3,4)9-15(11,14)18/h5,10-12,16-18H,1,6-9H2,2-4H3/t10-,11-,12+,14+,15-/m1/s1. The molecule has 0 aromatic heterocycles. The number of hydrogen-bond donors (Lipinski definition) is 3. The topological polar surface area (TPSA) is 60.7 Å². The molecule has 0 amide bonds. The minimum Gasteiger partial charge on any atom is -0.392 e. The zero-order valence-electron chi connectivity index (χ0n) is 11.7. The lowest BCUT2D eigenvalue weighted by molar-refractivity contribution is -0.212. The summed E-state index contributed by atoms with van der Waals surface area (Å²) in [5.41, 5.74) is -2.68. The third-order valence-corrected chi connectivity index (χ3v) is 5.33. The van der Waals surface area contributed by atoms with E-state index < -0.39 is 17.3 Å². The van der Waals surface area contributed by atoms with Gasteiger partial charge in [0.2, 0.25) is 0 Å². The maximum Gasteiger partial charge on any atom is 0.0997 e. The van der Waals surface area contributed by atoms with E-state index in [1.165, 1.54) is 0 Å². The fourth-order valence-corrected chi connectivity index (χ4v) is 4.30. The molecule has 0 heterocycles. The average Bonchev–Trinajstić information content (AvgIpc) is 2.43. The first-order valence-corrected chi connectivity index (χ1v) is 6.92. The first kappa shape index (κ1) is 14.0. The van der Waals surface area contributed by atoms with Crippen molar-refractivity contribution >= 4 is 0 Å². The van der Waals surface area contributed by atoms with E-state index in [9.17, 15) is 15.3 Å². The van der Waals surface area contributed by atoms with Gasteiger partial charge in [-0.15, -0.1) is 6.58 Å². The smallest absolute Gasteiger partial charge is 0.0997 e. The van der Waals surface area contributed by atoms with Gasteiger partial charge in [-0.1, -0.05) is 26.8 Å². The maximum atomic E-state index is 11.1. The minimum atomic E-state index is -1.19. The lowest BCUT2D eigenvalue weighted by atomic mass is 9.61. The van der Waals surface area contributed by atoms with Gasteiger partial charge in [-0.25, -0.2) is 0 Å². The van der Waals surface area contributed by atoms with Gasteiger partial charge in [0.05, 0.1) is 17.3 Å². The number of aliphatic hydroxyl groups excluding tert-OH is 1. The largest absolute Gasteiger partial charge is 0.392 e. The van der Waals surface area contributed by atoms with E-state index >= 15 is 0 Å². The SMILES string of the molecule is C=CC[C@]1(O)CC[C@@H](C)[C@@H]2[C@H](O)C(C)(C)C[C@@]21O. The van der Waals surface area contributed by atoms with Crippen LogP contribution in [0.25, 0.3) is 0 Å². The van der Waals surface area contributed by atoms with Crippen LogP contribution in [-0.2, 0) is 0 Å². The Morgan fingerprint density at radius 2 is 1.94 bits per heavy atom. The Balaban J connectivity index is 2.45. The molecule has 0 spiro atoms. The van der Waals surface area contributed by atoms with Crippen molar-refractivity contribution in [3.63, 3.8) is 0 Å². The monoisotopic (exact) mass is 254 g/mol. The quantitative estimate of drug-likeness (QED) is 0.659. The summed E-state index contributed by atoms with van der Waals surface area (Å²) in [6.45, 7) is 9.68. The highest BCUT2D eigenvalue weighted by atomic mass is 16.4. The van der Waals surface area contributed by atoms with Crippen LogP contribution in [0.1, 0.15) is 46.5 Å². The molecular weight excluding hydrogens is 228 g/mol. The summed E-state index contributed by atoms with van der Waals surface area (Å²) in [6.07, 6.45) is 3.35. The van der Waals surface area contributed by atoms with Gasteiger partial charge in [0.15, 0.2) is 0 Å². The van der Waals surface area contributed by atoms with E-state index in [-0.39, 0.29) is 17.3 Å². The fraction of sp³-hybridized carbons (Fsp3) is 0.867. The fourth-order valence-electron chi connectivity index (χ4n) is 4.30. The van der Waals surface area contributed by atoms with E-state index in [0.29, 0.717) is 19.3 Å². The molecule has 0 unspecified atom stereocenters. The Hall–Kier alpha value is -0.380. The van der Waals surface area contributed by atoms with Gasteiger partial charge in [-0.2, -0.15) is 0 Å². The molecule has 3 N–H and O–H groups in total. The van der Waals surface area contributed by atoms with Gasteiger partial charge in [0.1, 0.15) is 0 Å². The molecule has 2 aliphatic rings. The molecule has 0 radical (unpaired) electrons. The molecule has 3 heteroatoms. The summed E-state index contributed by atoms with van der Waals surface area (Å²) in [6, 6.07) is 0. The number of aliphatic hydroxyl groups is 3. The molecular formula is C15H26O3. The van der Waals surface area contributed by atoms with E-state index in [1.807, 2.05) is 13.8 Å². The van der Waals surface area contributed by atoms with Crippen LogP contribution >= 0.6 is 0 Å². The highest BCUT2D eigenvalue weighted by molar-refractivity contribution is 5.19. The van der Waals surface area contributed by atoms with Crippen LogP contribution in [0, 0.1) is 17.3 Å². The first-order chi connectivity index (χ1) is 8.18. The van der Waals surface area contributed by atoms with Crippen molar-refractivity contribution in [1.82, 2.24) is 0 Å². The van der Waals surface area contributed by atoms with E-state index in [4.69, 9.17) is 0 Å². The molecule has 18 heavy (non-hydrogen) atoms. The Bertz CT molecular complexity index is 352. The van der Waals surface area contributed by atoms with Gasteiger partial charge in [0, 0.05) is 5.92 Å². The van der Waals surface area contributed by atoms with Crippen LogP contribution in [0.3, 0.4) is 0 Å². The molecule has 0 saturated heterocycles. The second kappa shape index (κ2) is 4.06. The van der Waals surface area contributed by atoms with Crippen molar-refractivity contribution in [2.24, 2.45) is 17.3 Å². The van der Waals surface area contributed by atoms with Crippen molar-refractivity contribution in [1.29, 1.82) is 0 Å². The van der Waals surface area contributed by atoms with E-state index in [2.05, 4.69) is 13.5 Å². The predicted molar refractivity (Wildman–Crippen MR) is 71.0 cm³/mol. The normalized spacial score (nSPS) is 50.9. The van der Waals surface area contributed by atoms with Crippen molar-refractivity contribution < 1.29 is 15.3 Å². The van der Waals surface area contributed by atoms with Gasteiger partial charge < -0.3 is 15.3 Å². The molecule has 2 rings (SSSR count). The molecule has 104 valence electrons. The summed E-state index contributed by atoms with van der Waals surface area (Å²) in [4.78, 5) is 0. The number of rotatable bonds is 2. The van der Waals surface area contributed by atoms with Crippen LogP contribution in [0.2, 0.25) is 0 Å². The molecule has 5 atom stereocenters. The van der Waals surface area contributed by atoms with Gasteiger partial charge >= 0.3 is 0 Å². The molecule has 2 aliphatic carbocycles. The Kier molecular flexibility index (Phi) is 3.16. The molecule has 0 aliphatic heterocycles. The molecule has 2 fully saturated rings. The first-order valence-electron chi connectivity index (χ1n) is 6.92. The van der Waals surface area contributed by atoms with E-state index in [0.717, 1.165) is 6.42 Å². The number of fused-ring (bicyclic) bond motifs is 1. The highest BCUT2D eigenvalue weighted by Gasteiger charge is 2.67. The van der Waals surface area contributed by atoms with Gasteiger partial charge in [0.25, 0.3) is 0 Å². The summed E-state index contributed by atoms with van der Waals surface area (Å²) in [5.74, 6) is -0.0111. The molecule has 0 bridgehead atoms. The Morgan fingerprint density at radius 3 is 2.50 bits per heavy atom. The second-order valence-corrected chi connectivity index (χ2v) is 7.10. The van der Waals surface area contributed by atoms with Crippen molar-refractivity contribution in [3.8, 4) is 0 Å². The van der Waals surface area contributed by atoms with Crippen molar-refractivity contribution in [2.75, 3.05) is 0 Å². The van der Waals surface area contributed by atoms with Crippen LogP contribution in [0.15, 0.2) is 12.7 Å². The maximum absolute atomic E-state index is 11.1. The summed E-state index contributed by atoms with van der Waals surface area (Å²) < 4.78 is 0. The van der Waals surface area contributed by atoms with Crippen LogP contribution in [-0.4, -0.2) is 32.6 Å². The lowest BCUT2D eigenvalue weighted by Gasteiger charge is -2.51. The Morgan fingerprint density at radius 1 is 1.33 bits per heavy atom. The van der Waals surface area contributed by atoms with Crippen LogP contribution in [0.5, 0.6) is 0 Å². The molecule has 0 aromatic carbocycles. The zero-order valence-corrected chi connectivity index (χ0v) is 11.7. The van der Waals surface area contributed by atoms with Crippen molar-refractivity contribution in [2.45, 2.75) is 63.8 Å². The summed E-state index contributed by atoms with van der Waals surface area (Å²) in [7, 11) is 0. The molecule has 3 nitrogen and oxygen atoms in total. The predicted octanol–water partition coefficient (Wildman–Crippen LogP) is 1.86. The molecule has 0 aromatic rings. The third-order valence-electron chi connectivity index (χ3n) is 5.33. The van der Waals surface area contributed by atoms with Crippen LogP contribution < -0.4 is 0 Å². The minimum absolute atomic E-state index is 0.233. The van der Waals surface area contributed by atoms with Gasteiger partial charge in [-0.05, 0) is 37.0 Å². The molecule has 2 saturated carbocycles. The van der Waals surface area contributed by atoms with Crippen molar-refractivity contribution in [3.05, 3.63) is 12.7 Å². The van der Waals surface area contributed by atoms with Gasteiger partial charge in [-0.3, -0.25) is 0 Å². The lowest BCUT2D eigenvalue weighted by Crippen LogP contribution is -2.62. The summed E-state index contributed by atoms with van der Waals surface area (Å²) >= 11 is 0.